The van der Waals surface area contributed by atoms with E-state index >= 15 is 0 Å². The lowest BCUT2D eigenvalue weighted by Gasteiger charge is -2.11. The monoisotopic (exact) mass is 492 g/mol. The van der Waals surface area contributed by atoms with Gasteiger partial charge in [-0.15, -0.1) is 0 Å². The van der Waals surface area contributed by atoms with Crippen LogP contribution in [0.1, 0.15) is 10.4 Å². The number of methoxy groups -OCH3 is 3. The number of hydrogen-bond acceptors (Lipinski definition) is 8. The molecule has 10 heteroatoms. The summed E-state index contributed by atoms with van der Waals surface area (Å²) < 4.78 is 26.5. The maximum Gasteiger partial charge on any atom is 0.325 e. The smallest absolute Gasteiger partial charge is 0.325 e. The summed E-state index contributed by atoms with van der Waals surface area (Å²) in [7, 11) is 4.42. The Labute approximate surface area is 206 Å². The molecule has 0 atom stereocenters. The summed E-state index contributed by atoms with van der Waals surface area (Å²) >= 11 is 0. The molecule has 10 nitrogen and oxygen atoms in total. The molecule has 0 unspecified atom stereocenters. The number of hydrogen-bond donors (Lipinski definition) is 2. The zero-order valence-corrected chi connectivity index (χ0v) is 19.9. The summed E-state index contributed by atoms with van der Waals surface area (Å²) in [5, 5.41) is 6.86. The minimum atomic E-state index is -0.779. The number of carbonyl (C=O) groups is 3. The van der Waals surface area contributed by atoms with Crippen molar-refractivity contribution < 1.29 is 37.7 Å². The maximum absolute atomic E-state index is 12.4. The van der Waals surface area contributed by atoms with E-state index in [2.05, 4.69) is 10.6 Å². The Morgan fingerprint density at radius 3 is 2.31 bits per heavy atom. The van der Waals surface area contributed by atoms with Crippen molar-refractivity contribution in [2.45, 2.75) is 0 Å². The average molecular weight is 492 g/mol. The fourth-order valence-corrected chi connectivity index (χ4v) is 3.63. The molecular weight excluding hydrogens is 468 g/mol. The van der Waals surface area contributed by atoms with Gasteiger partial charge in [-0.2, -0.15) is 0 Å². The van der Waals surface area contributed by atoms with Crippen LogP contribution in [0.25, 0.3) is 21.9 Å². The first kappa shape index (κ1) is 24.4. The second-order valence-corrected chi connectivity index (χ2v) is 7.61. The maximum atomic E-state index is 12.4. The van der Waals surface area contributed by atoms with Crippen molar-refractivity contribution in [2.75, 3.05) is 39.8 Å². The molecule has 0 aliphatic carbocycles. The third-order valence-corrected chi connectivity index (χ3v) is 5.38. The number of para-hydroxylation sites is 1. The topological polar surface area (TPSA) is 125 Å². The molecule has 2 amide bonds. The summed E-state index contributed by atoms with van der Waals surface area (Å²) in [6.07, 6.45) is 0. The molecule has 0 saturated carbocycles. The van der Waals surface area contributed by atoms with Gasteiger partial charge >= 0.3 is 5.97 Å². The van der Waals surface area contributed by atoms with E-state index in [-0.39, 0.29) is 5.56 Å². The van der Waals surface area contributed by atoms with Gasteiger partial charge in [0.15, 0.2) is 18.1 Å². The first-order valence-corrected chi connectivity index (χ1v) is 10.9. The van der Waals surface area contributed by atoms with Crippen LogP contribution in [-0.2, 0) is 14.3 Å². The average Bonchev–Trinajstić information content (AvgIpc) is 3.26. The van der Waals surface area contributed by atoms with Crippen molar-refractivity contribution in [3.8, 4) is 17.2 Å². The predicted molar refractivity (Wildman–Crippen MR) is 132 cm³/mol. The summed E-state index contributed by atoms with van der Waals surface area (Å²) in [6.45, 7) is -0.971. The molecule has 0 saturated heterocycles. The Kier molecular flexibility index (Phi) is 7.24. The van der Waals surface area contributed by atoms with Crippen LogP contribution in [0.15, 0.2) is 59.0 Å². The molecule has 0 spiro atoms. The van der Waals surface area contributed by atoms with Gasteiger partial charge in [-0.3, -0.25) is 14.4 Å². The second kappa shape index (κ2) is 10.7. The molecule has 2 N–H and O–H groups in total. The highest BCUT2D eigenvalue weighted by Gasteiger charge is 2.16. The van der Waals surface area contributed by atoms with Crippen molar-refractivity contribution in [1.82, 2.24) is 5.32 Å². The molecule has 1 heterocycles. The molecule has 0 bridgehead atoms. The summed E-state index contributed by atoms with van der Waals surface area (Å²) in [5.74, 6) is -0.601. The number of carbonyl (C=O) groups excluding carboxylic acids is 3. The molecule has 4 rings (SSSR count). The van der Waals surface area contributed by atoms with Gasteiger partial charge in [0, 0.05) is 22.4 Å². The fraction of sp³-hybridized carbons (Fsp3) is 0.192. The molecular formula is C26H24N2O8. The highest BCUT2D eigenvalue weighted by Crippen LogP contribution is 2.36. The molecule has 36 heavy (non-hydrogen) atoms. The molecule has 0 fully saturated rings. The van der Waals surface area contributed by atoms with Gasteiger partial charge in [0.05, 0.1) is 27.0 Å². The highest BCUT2D eigenvalue weighted by molar-refractivity contribution is 6.08. The van der Waals surface area contributed by atoms with Crippen LogP contribution in [0.3, 0.4) is 0 Å². The second-order valence-electron chi connectivity index (χ2n) is 7.61. The van der Waals surface area contributed by atoms with E-state index in [1.165, 1.54) is 33.5 Å². The minimum Gasteiger partial charge on any atom is -0.495 e. The third kappa shape index (κ3) is 5.17. The van der Waals surface area contributed by atoms with Crippen LogP contribution < -0.4 is 24.8 Å². The molecule has 3 aromatic carbocycles. The first-order chi connectivity index (χ1) is 17.4. The quantitative estimate of drug-likeness (QED) is 0.340. The third-order valence-electron chi connectivity index (χ3n) is 5.38. The van der Waals surface area contributed by atoms with Crippen molar-refractivity contribution in [3.63, 3.8) is 0 Å². The van der Waals surface area contributed by atoms with E-state index in [0.717, 1.165) is 10.8 Å². The zero-order valence-electron chi connectivity index (χ0n) is 19.9. The van der Waals surface area contributed by atoms with Crippen molar-refractivity contribution in [3.05, 3.63) is 60.2 Å². The largest absolute Gasteiger partial charge is 0.495 e. The number of esters is 1. The summed E-state index contributed by atoms with van der Waals surface area (Å²) in [5.41, 5.74) is 1.92. The van der Waals surface area contributed by atoms with Gasteiger partial charge in [0.25, 0.3) is 11.8 Å². The number of nitrogens with one attached hydrogen (secondary N) is 2. The lowest BCUT2D eigenvalue weighted by Crippen LogP contribution is -2.32. The number of furan rings is 1. The first-order valence-electron chi connectivity index (χ1n) is 10.9. The van der Waals surface area contributed by atoms with Gasteiger partial charge in [0.2, 0.25) is 0 Å². The zero-order chi connectivity index (χ0) is 25.7. The van der Waals surface area contributed by atoms with E-state index < -0.39 is 30.9 Å². The molecule has 186 valence electrons. The number of benzene rings is 3. The van der Waals surface area contributed by atoms with Gasteiger partial charge in [-0.05, 0) is 30.3 Å². The molecule has 1 aromatic heterocycles. The normalized spacial score (nSPS) is 10.6. The molecule has 0 radical (unpaired) electrons. The SMILES string of the molecule is COc1cc2c(cc1NC(=O)COC(=O)CNC(=O)c1ccc(OC)c(OC)c1)oc1ccccc12. The number of anilines is 1. The lowest BCUT2D eigenvalue weighted by molar-refractivity contribution is -0.146. The van der Waals surface area contributed by atoms with Crippen molar-refractivity contribution in [2.24, 2.45) is 0 Å². The van der Waals surface area contributed by atoms with E-state index in [9.17, 15) is 14.4 Å². The van der Waals surface area contributed by atoms with Crippen LogP contribution in [0, 0.1) is 0 Å². The standard InChI is InChI=1S/C26H24N2O8/c1-32-20-9-8-15(10-23(20)34-3)26(31)27-13-25(30)35-14-24(29)28-18-12-21-17(11-22(18)33-2)16-6-4-5-7-19(16)36-21/h4-12H,13-14H2,1-3H3,(H,27,31)(H,28,29). The van der Waals surface area contributed by atoms with E-state index in [4.69, 9.17) is 23.4 Å². The minimum absolute atomic E-state index is 0.270. The fourth-order valence-electron chi connectivity index (χ4n) is 3.63. The molecule has 0 aliphatic rings. The number of rotatable bonds is 9. The summed E-state index contributed by atoms with van der Waals surface area (Å²) in [4.78, 5) is 36.8. The number of amides is 2. The van der Waals surface area contributed by atoms with Crippen LogP contribution >= 0.6 is 0 Å². The lowest BCUT2D eigenvalue weighted by atomic mass is 10.1. The number of ether oxygens (including phenoxy) is 4. The Morgan fingerprint density at radius 1 is 0.806 bits per heavy atom. The van der Waals surface area contributed by atoms with Gasteiger partial charge in [-0.1, -0.05) is 18.2 Å². The van der Waals surface area contributed by atoms with E-state index in [0.29, 0.717) is 34.1 Å². The van der Waals surface area contributed by atoms with Gasteiger partial charge in [-0.25, -0.2) is 0 Å². The summed E-state index contributed by atoms with van der Waals surface area (Å²) in [6, 6.07) is 15.6. The van der Waals surface area contributed by atoms with Crippen LogP contribution in [-0.4, -0.2) is 52.3 Å². The van der Waals surface area contributed by atoms with Crippen LogP contribution in [0.2, 0.25) is 0 Å². The van der Waals surface area contributed by atoms with Crippen LogP contribution in [0.5, 0.6) is 17.2 Å². The van der Waals surface area contributed by atoms with E-state index in [1.807, 2.05) is 24.3 Å². The number of fused-ring (bicyclic) bond motifs is 3. The van der Waals surface area contributed by atoms with E-state index in [1.54, 1.807) is 18.2 Å². The Hall–Kier alpha value is -4.73. The van der Waals surface area contributed by atoms with Crippen molar-refractivity contribution in [1.29, 1.82) is 0 Å². The molecule has 0 aliphatic heterocycles. The Bertz CT molecular complexity index is 1440. The van der Waals surface area contributed by atoms with Gasteiger partial charge in [0.1, 0.15) is 23.5 Å². The Balaban J connectivity index is 1.33. The highest BCUT2D eigenvalue weighted by atomic mass is 16.5. The van der Waals surface area contributed by atoms with Crippen molar-refractivity contribution >= 4 is 45.4 Å². The Morgan fingerprint density at radius 2 is 1.56 bits per heavy atom. The predicted octanol–water partition coefficient (Wildman–Crippen LogP) is 3.52. The van der Waals surface area contributed by atoms with Crippen LogP contribution in [0.4, 0.5) is 5.69 Å². The molecule has 4 aromatic rings. The van der Waals surface area contributed by atoms with Gasteiger partial charge < -0.3 is 34.0 Å².